The van der Waals surface area contributed by atoms with E-state index in [1.807, 2.05) is 48.8 Å². The zero-order chi connectivity index (χ0) is 35.4. The van der Waals surface area contributed by atoms with E-state index in [0.717, 1.165) is 94.6 Å². The van der Waals surface area contributed by atoms with Crippen molar-refractivity contribution in [2.24, 2.45) is 0 Å². The fourth-order valence-electron chi connectivity index (χ4n) is 9.10. The molecule has 10 aromatic rings. The molecule has 0 radical (unpaired) electrons. The van der Waals surface area contributed by atoms with Crippen molar-refractivity contribution >= 4 is 56.0 Å². The molecule has 5 heteroatoms. The molecule has 5 nitrogen and oxygen atoms in total. The van der Waals surface area contributed by atoms with Crippen LogP contribution in [0, 0.1) is 0 Å². The van der Waals surface area contributed by atoms with Crippen LogP contribution < -0.4 is 4.74 Å². The van der Waals surface area contributed by atoms with Crippen LogP contribution in [0.5, 0.6) is 11.5 Å². The Morgan fingerprint density at radius 1 is 0.463 bits per heavy atom. The molecule has 2 aliphatic rings. The van der Waals surface area contributed by atoms with Crippen molar-refractivity contribution in [3.63, 3.8) is 0 Å². The third kappa shape index (κ3) is 3.93. The molecule has 0 saturated carbocycles. The molecule has 12 rings (SSSR count). The minimum absolute atomic E-state index is 0.719. The summed E-state index contributed by atoms with van der Waals surface area (Å²) < 4.78 is 15.6. The van der Waals surface area contributed by atoms with Crippen LogP contribution in [0.2, 0.25) is 0 Å². The SMILES string of the molecule is C1=Cc2ccc(-c3ccc4c(c3)c3ncccc3n4-c3ccccn3)cc2C2(c3ccccc31)c1ccccc1Oc1cc3c(cc12)oc1ccccc13. The number of para-hydroxylation sites is 2. The van der Waals surface area contributed by atoms with Crippen LogP contribution >= 0.6 is 0 Å². The zero-order valence-electron chi connectivity index (χ0n) is 28.9. The van der Waals surface area contributed by atoms with Crippen molar-refractivity contribution in [2.45, 2.75) is 5.41 Å². The summed E-state index contributed by atoms with van der Waals surface area (Å²) >= 11 is 0. The van der Waals surface area contributed by atoms with Crippen molar-refractivity contribution in [3.05, 3.63) is 197 Å². The summed E-state index contributed by atoms with van der Waals surface area (Å²) in [5, 5.41) is 3.20. The molecule has 0 fully saturated rings. The molecule has 0 bridgehead atoms. The summed E-state index contributed by atoms with van der Waals surface area (Å²) in [5.41, 5.74) is 13.1. The molecule has 6 aromatic carbocycles. The zero-order valence-corrected chi connectivity index (χ0v) is 28.9. The van der Waals surface area contributed by atoms with Gasteiger partial charge >= 0.3 is 0 Å². The molecule has 4 aromatic heterocycles. The molecule has 0 saturated heterocycles. The van der Waals surface area contributed by atoms with Crippen LogP contribution in [0.3, 0.4) is 0 Å². The lowest BCUT2D eigenvalue weighted by molar-refractivity contribution is 0.435. The van der Waals surface area contributed by atoms with Crippen LogP contribution in [0.15, 0.2) is 168 Å². The third-order valence-electron chi connectivity index (χ3n) is 11.4. The maximum absolute atomic E-state index is 6.87. The minimum atomic E-state index is -0.719. The summed E-state index contributed by atoms with van der Waals surface area (Å²) in [5.74, 6) is 2.54. The fraction of sp³-hybridized carbons (Fsp3) is 0.0204. The molecule has 0 N–H and O–H groups in total. The van der Waals surface area contributed by atoms with Crippen molar-refractivity contribution in [2.75, 3.05) is 0 Å². The highest BCUT2D eigenvalue weighted by Gasteiger charge is 2.48. The van der Waals surface area contributed by atoms with Crippen LogP contribution in [0.25, 0.3) is 73.0 Å². The first-order chi connectivity index (χ1) is 26.8. The number of fused-ring (bicyclic) bond motifs is 14. The van der Waals surface area contributed by atoms with Crippen LogP contribution in [0.1, 0.15) is 33.4 Å². The van der Waals surface area contributed by atoms with Crippen LogP contribution in [-0.2, 0) is 5.41 Å². The highest BCUT2D eigenvalue weighted by molar-refractivity contribution is 6.09. The maximum atomic E-state index is 6.87. The summed E-state index contributed by atoms with van der Waals surface area (Å²) in [4.78, 5) is 9.58. The van der Waals surface area contributed by atoms with Gasteiger partial charge in [-0.15, -0.1) is 0 Å². The Morgan fingerprint density at radius 2 is 1.24 bits per heavy atom. The molecular weight excluding hydrogens is 663 g/mol. The number of ether oxygens (including phenoxy) is 1. The second-order valence-corrected chi connectivity index (χ2v) is 14.1. The van der Waals surface area contributed by atoms with E-state index in [-0.39, 0.29) is 0 Å². The average molecular weight is 692 g/mol. The van der Waals surface area contributed by atoms with Crippen LogP contribution in [-0.4, -0.2) is 14.5 Å². The van der Waals surface area contributed by atoms with Gasteiger partial charge in [-0.2, -0.15) is 0 Å². The summed E-state index contributed by atoms with van der Waals surface area (Å²) in [6.07, 6.45) is 8.22. The van der Waals surface area contributed by atoms with Gasteiger partial charge in [0.15, 0.2) is 0 Å². The average Bonchev–Trinajstić information content (AvgIpc) is 3.72. The largest absolute Gasteiger partial charge is 0.457 e. The topological polar surface area (TPSA) is 53.1 Å². The molecule has 5 heterocycles. The second kappa shape index (κ2) is 10.9. The lowest BCUT2D eigenvalue weighted by Crippen LogP contribution is -2.35. The fourth-order valence-corrected chi connectivity index (χ4v) is 9.10. The molecular formula is C49H29N3O2. The third-order valence-corrected chi connectivity index (χ3v) is 11.4. The highest BCUT2D eigenvalue weighted by Crippen LogP contribution is 2.59. The van der Waals surface area contributed by atoms with Gasteiger partial charge in [0.1, 0.15) is 28.5 Å². The van der Waals surface area contributed by atoms with Crippen molar-refractivity contribution in [1.29, 1.82) is 0 Å². The molecule has 0 amide bonds. The number of pyridine rings is 2. The van der Waals surface area contributed by atoms with Gasteiger partial charge in [-0.25, -0.2) is 4.98 Å². The van der Waals surface area contributed by atoms with Gasteiger partial charge in [0.25, 0.3) is 0 Å². The van der Waals surface area contributed by atoms with E-state index in [2.05, 4.69) is 132 Å². The van der Waals surface area contributed by atoms with Gasteiger partial charge in [0.2, 0.25) is 0 Å². The lowest BCUT2D eigenvalue weighted by Gasteiger charge is -2.42. The molecule has 1 spiro atoms. The minimum Gasteiger partial charge on any atom is -0.457 e. The van der Waals surface area contributed by atoms with E-state index in [1.165, 1.54) is 11.1 Å². The van der Waals surface area contributed by atoms with E-state index in [1.54, 1.807) is 0 Å². The first-order valence-electron chi connectivity index (χ1n) is 18.2. The Labute approximate surface area is 310 Å². The predicted octanol–water partition coefficient (Wildman–Crippen LogP) is 12.1. The van der Waals surface area contributed by atoms with Gasteiger partial charge in [0, 0.05) is 39.7 Å². The Balaban J connectivity index is 1.16. The number of hydrogen-bond donors (Lipinski definition) is 0. The Hall–Kier alpha value is -7.24. The van der Waals surface area contributed by atoms with Gasteiger partial charge < -0.3 is 9.15 Å². The Bertz CT molecular complexity index is 3210. The summed E-state index contributed by atoms with van der Waals surface area (Å²) in [7, 11) is 0. The summed E-state index contributed by atoms with van der Waals surface area (Å²) in [6.45, 7) is 0. The van der Waals surface area contributed by atoms with Crippen molar-refractivity contribution in [3.8, 4) is 28.4 Å². The number of aromatic nitrogens is 3. The van der Waals surface area contributed by atoms with Gasteiger partial charge in [0.05, 0.1) is 22.0 Å². The van der Waals surface area contributed by atoms with Crippen LogP contribution in [0.4, 0.5) is 0 Å². The van der Waals surface area contributed by atoms with E-state index < -0.39 is 5.41 Å². The number of furan rings is 1. The highest BCUT2D eigenvalue weighted by atomic mass is 16.5. The van der Waals surface area contributed by atoms with Gasteiger partial charge in [-0.05, 0) is 100 Å². The number of rotatable bonds is 2. The number of hydrogen-bond acceptors (Lipinski definition) is 4. The monoisotopic (exact) mass is 691 g/mol. The molecule has 1 aliphatic heterocycles. The van der Waals surface area contributed by atoms with Crippen molar-refractivity contribution < 1.29 is 9.15 Å². The molecule has 1 atom stereocenters. The molecule has 1 aliphatic carbocycles. The van der Waals surface area contributed by atoms with E-state index >= 15 is 0 Å². The normalized spacial score (nSPS) is 15.6. The van der Waals surface area contributed by atoms with E-state index in [4.69, 9.17) is 19.1 Å². The van der Waals surface area contributed by atoms with E-state index in [9.17, 15) is 0 Å². The first kappa shape index (κ1) is 29.3. The predicted molar refractivity (Wildman–Crippen MR) is 216 cm³/mol. The Kier molecular flexibility index (Phi) is 5.92. The molecule has 1 unspecified atom stereocenters. The number of benzene rings is 6. The molecule has 252 valence electrons. The summed E-state index contributed by atoms with van der Waals surface area (Å²) in [6, 6.07) is 53.6. The lowest BCUT2D eigenvalue weighted by atomic mass is 9.62. The molecule has 54 heavy (non-hydrogen) atoms. The standard InChI is InChI=1S/C49H29N3O2/c1-3-12-37-30(10-1)18-19-31-20-21-33(32-22-23-41-36(26-32)48-42(14-9-25-51-48)52(41)47-17-7-8-24-50-47)27-39(31)49(37)38-13-4-6-16-44(38)54-46-28-35-34-11-2-5-15-43(34)53-45(35)29-40(46)49/h1-29H. The van der Waals surface area contributed by atoms with Gasteiger partial charge in [-0.1, -0.05) is 97.1 Å². The van der Waals surface area contributed by atoms with Gasteiger partial charge in [-0.3, -0.25) is 9.55 Å². The smallest absolute Gasteiger partial charge is 0.137 e. The quantitative estimate of drug-likeness (QED) is 0.181. The van der Waals surface area contributed by atoms with E-state index in [0.29, 0.717) is 0 Å². The second-order valence-electron chi connectivity index (χ2n) is 14.1. The van der Waals surface area contributed by atoms with Crippen molar-refractivity contribution in [1.82, 2.24) is 14.5 Å². The Morgan fingerprint density at radius 3 is 2.17 bits per heavy atom. The number of nitrogens with zero attached hydrogens (tertiary/aromatic N) is 3. The maximum Gasteiger partial charge on any atom is 0.137 e. The first-order valence-corrected chi connectivity index (χ1v) is 18.2.